The fourth-order valence-corrected chi connectivity index (χ4v) is 1.24. The zero-order valence-corrected chi connectivity index (χ0v) is 7.73. The SMILES string of the molecule is C=CC[C@H](OC)c1cccc(O)c1. The summed E-state index contributed by atoms with van der Waals surface area (Å²) in [5.74, 6) is 0.267. The van der Waals surface area contributed by atoms with Crippen LogP contribution in [0.25, 0.3) is 0 Å². The fraction of sp³-hybridized carbons (Fsp3) is 0.273. The van der Waals surface area contributed by atoms with Gasteiger partial charge in [-0.2, -0.15) is 0 Å². The molecule has 70 valence electrons. The number of hydrogen-bond donors (Lipinski definition) is 1. The highest BCUT2D eigenvalue weighted by atomic mass is 16.5. The monoisotopic (exact) mass is 178 g/mol. The molecule has 0 spiro atoms. The second-order valence-corrected chi connectivity index (χ2v) is 2.84. The number of phenols is 1. The smallest absolute Gasteiger partial charge is 0.115 e. The molecule has 1 aromatic rings. The summed E-state index contributed by atoms with van der Waals surface area (Å²) in [5.41, 5.74) is 0.974. The third-order valence-electron chi connectivity index (χ3n) is 1.91. The van der Waals surface area contributed by atoms with Crippen molar-refractivity contribution in [3.8, 4) is 5.75 Å². The Kier molecular flexibility index (Phi) is 3.53. The highest BCUT2D eigenvalue weighted by Gasteiger charge is 2.07. The van der Waals surface area contributed by atoms with E-state index in [1.54, 1.807) is 31.4 Å². The van der Waals surface area contributed by atoms with Gasteiger partial charge in [-0.05, 0) is 24.1 Å². The van der Waals surface area contributed by atoms with Gasteiger partial charge in [0.2, 0.25) is 0 Å². The number of rotatable bonds is 4. The van der Waals surface area contributed by atoms with Crippen molar-refractivity contribution in [3.63, 3.8) is 0 Å². The van der Waals surface area contributed by atoms with Crippen molar-refractivity contribution < 1.29 is 9.84 Å². The topological polar surface area (TPSA) is 29.5 Å². The molecule has 0 bridgehead atoms. The summed E-state index contributed by atoms with van der Waals surface area (Å²) in [6, 6.07) is 7.08. The number of methoxy groups -OCH3 is 1. The Morgan fingerprint density at radius 2 is 2.38 bits per heavy atom. The second-order valence-electron chi connectivity index (χ2n) is 2.84. The van der Waals surface area contributed by atoms with Gasteiger partial charge in [0.15, 0.2) is 0 Å². The lowest BCUT2D eigenvalue weighted by atomic mass is 10.1. The first-order valence-electron chi connectivity index (χ1n) is 4.20. The normalized spacial score (nSPS) is 12.4. The van der Waals surface area contributed by atoms with Crippen molar-refractivity contribution in [1.82, 2.24) is 0 Å². The van der Waals surface area contributed by atoms with Crippen LogP contribution in [-0.4, -0.2) is 12.2 Å². The first-order valence-corrected chi connectivity index (χ1v) is 4.20. The Morgan fingerprint density at radius 3 is 2.92 bits per heavy atom. The highest BCUT2D eigenvalue weighted by molar-refractivity contribution is 5.28. The van der Waals surface area contributed by atoms with Crippen LogP contribution in [0.4, 0.5) is 0 Å². The Hall–Kier alpha value is -1.28. The molecule has 0 fully saturated rings. The van der Waals surface area contributed by atoms with Crippen LogP contribution >= 0.6 is 0 Å². The van der Waals surface area contributed by atoms with E-state index in [0.29, 0.717) is 0 Å². The lowest BCUT2D eigenvalue weighted by Crippen LogP contribution is -1.99. The third kappa shape index (κ3) is 2.60. The number of aromatic hydroxyl groups is 1. The quantitative estimate of drug-likeness (QED) is 0.718. The molecule has 0 radical (unpaired) electrons. The Morgan fingerprint density at radius 1 is 1.62 bits per heavy atom. The van der Waals surface area contributed by atoms with E-state index >= 15 is 0 Å². The van der Waals surface area contributed by atoms with Gasteiger partial charge in [-0.15, -0.1) is 6.58 Å². The summed E-state index contributed by atoms with van der Waals surface area (Å²) in [7, 11) is 1.65. The van der Waals surface area contributed by atoms with Crippen LogP contribution in [0.3, 0.4) is 0 Å². The summed E-state index contributed by atoms with van der Waals surface area (Å²) < 4.78 is 5.25. The van der Waals surface area contributed by atoms with E-state index < -0.39 is 0 Å². The number of hydrogen-bond acceptors (Lipinski definition) is 2. The maximum absolute atomic E-state index is 9.24. The Balaban J connectivity index is 2.84. The fourth-order valence-electron chi connectivity index (χ4n) is 1.24. The minimum Gasteiger partial charge on any atom is -0.508 e. The van der Waals surface area contributed by atoms with E-state index in [1.807, 2.05) is 6.07 Å². The van der Waals surface area contributed by atoms with Crippen LogP contribution in [-0.2, 0) is 4.74 Å². The Bertz CT molecular complexity index is 281. The third-order valence-corrected chi connectivity index (χ3v) is 1.91. The molecule has 0 aromatic heterocycles. The highest BCUT2D eigenvalue weighted by Crippen LogP contribution is 2.23. The first kappa shape index (κ1) is 9.81. The molecule has 0 unspecified atom stereocenters. The minimum atomic E-state index is -0.00963. The van der Waals surface area contributed by atoms with Crippen LogP contribution in [0, 0.1) is 0 Å². The van der Waals surface area contributed by atoms with E-state index in [2.05, 4.69) is 6.58 Å². The lowest BCUT2D eigenvalue weighted by Gasteiger charge is -2.13. The molecule has 1 rings (SSSR count). The molecule has 1 atom stereocenters. The molecule has 0 saturated heterocycles. The minimum absolute atomic E-state index is 0.00963. The molecule has 0 aliphatic rings. The average Bonchev–Trinajstić information content (AvgIpc) is 2.14. The molecule has 2 nitrogen and oxygen atoms in total. The van der Waals surface area contributed by atoms with Gasteiger partial charge < -0.3 is 9.84 Å². The average molecular weight is 178 g/mol. The number of ether oxygens (including phenoxy) is 1. The molecule has 0 heterocycles. The van der Waals surface area contributed by atoms with Crippen LogP contribution in [0.5, 0.6) is 5.75 Å². The molecule has 0 saturated carbocycles. The van der Waals surface area contributed by atoms with Crippen LogP contribution < -0.4 is 0 Å². The predicted octanol–water partition coefficient (Wildman–Crippen LogP) is 2.66. The maximum Gasteiger partial charge on any atom is 0.115 e. The van der Waals surface area contributed by atoms with Crippen molar-refractivity contribution in [1.29, 1.82) is 0 Å². The molecule has 0 amide bonds. The zero-order chi connectivity index (χ0) is 9.68. The molecular formula is C11H14O2. The van der Waals surface area contributed by atoms with Crippen LogP contribution in [0.15, 0.2) is 36.9 Å². The van der Waals surface area contributed by atoms with Gasteiger partial charge in [0.1, 0.15) is 5.75 Å². The maximum atomic E-state index is 9.24. The van der Waals surface area contributed by atoms with Gasteiger partial charge in [-0.25, -0.2) is 0 Å². The standard InChI is InChI=1S/C11H14O2/c1-3-5-11(13-2)9-6-4-7-10(12)8-9/h3-4,6-8,11-12H,1,5H2,2H3/t11-/m0/s1. The van der Waals surface area contributed by atoms with Crippen molar-refractivity contribution in [2.75, 3.05) is 7.11 Å². The van der Waals surface area contributed by atoms with E-state index in [0.717, 1.165) is 12.0 Å². The molecule has 2 heteroatoms. The number of benzene rings is 1. The summed E-state index contributed by atoms with van der Waals surface area (Å²) in [4.78, 5) is 0. The second kappa shape index (κ2) is 4.67. The first-order chi connectivity index (χ1) is 6.27. The molecule has 1 aromatic carbocycles. The largest absolute Gasteiger partial charge is 0.508 e. The van der Waals surface area contributed by atoms with E-state index in [4.69, 9.17) is 4.74 Å². The van der Waals surface area contributed by atoms with Crippen molar-refractivity contribution >= 4 is 0 Å². The summed E-state index contributed by atoms with van der Waals surface area (Å²) in [5, 5.41) is 9.24. The van der Waals surface area contributed by atoms with Crippen molar-refractivity contribution in [2.45, 2.75) is 12.5 Å². The Labute approximate surface area is 78.5 Å². The summed E-state index contributed by atoms with van der Waals surface area (Å²) >= 11 is 0. The van der Waals surface area contributed by atoms with Crippen molar-refractivity contribution in [3.05, 3.63) is 42.5 Å². The summed E-state index contributed by atoms with van der Waals surface area (Å²) in [6.07, 6.45) is 2.54. The number of phenolic OH excluding ortho intramolecular Hbond substituents is 1. The molecule has 0 aliphatic carbocycles. The van der Waals surface area contributed by atoms with Gasteiger partial charge in [0, 0.05) is 7.11 Å². The van der Waals surface area contributed by atoms with Gasteiger partial charge in [0.25, 0.3) is 0 Å². The van der Waals surface area contributed by atoms with E-state index in [9.17, 15) is 5.11 Å². The van der Waals surface area contributed by atoms with Crippen molar-refractivity contribution in [2.24, 2.45) is 0 Å². The van der Waals surface area contributed by atoms with Gasteiger partial charge in [-0.3, -0.25) is 0 Å². The van der Waals surface area contributed by atoms with Gasteiger partial charge in [0.05, 0.1) is 6.10 Å². The van der Waals surface area contributed by atoms with Crippen LogP contribution in [0.2, 0.25) is 0 Å². The molecule has 13 heavy (non-hydrogen) atoms. The predicted molar refractivity (Wildman–Crippen MR) is 52.7 cm³/mol. The van der Waals surface area contributed by atoms with Gasteiger partial charge >= 0.3 is 0 Å². The van der Waals surface area contributed by atoms with Gasteiger partial charge in [-0.1, -0.05) is 18.2 Å². The molecule has 1 N–H and O–H groups in total. The molecule has 0 aliphatic heterocycles. The van der Waals surface area contributed by atoms with E-state index in [1.165, 1.54) is 0 Å². The van der Waals surface area contributed by atoms with Crippen LogP contribution in [0.1, 0.15) is 18.1 Å². The van der Waals surface area contributed by atoms with E-state index in [-0.39, 0.29) is 11.9 Å². The summed E-state index contributed by atoms with van der Waals surface area (Å²) in [6.45, 7) is 3.65. The lowest BCUT2D eigenvalue weighted by molar-refractivity contribution is 0.106. The molecular weight excluding hydrogens is 164 g/mol. The zero-order valence-electron chi connectivity index (χ0n) is 7.73.